The van der Waals surface area contributed by atoms with Crippen LogP contribution in [0.4, 0.5) is 0 Å². The monoisotopic (exact) mass is 437 g/mol. The number of rotatable bonds is 8. The van der Waals surface area contributed by atoms with Gasteiger partial charge in [-0.1, -0.05) is 30.3 Å². The first-order chi connectivity index (χ1) is 15.8. The molecule has 2 fully saturated rings. The van der Waals surface area contributed by atoms with E-state index in [4.69, 9.17) is 4.42 Å². The van der Waals surface area contributed by atoms with Crippen molar-refractivity contribution in [1.82, 2.24) is 20.4 Å². The second-order valence-electron chi connectivity index (χ2n) is 8.69. The quantitative estimate of drug-likeness (QED) is 0.491. The minimum atomic E-state index is 0.118. The van der Waals surface area contributed by atoms with Crippen LogP contribution in [0.25, 0.3) is 0 Å². The van der Waals surface area contributed by atoms with Crippen molar-refractivity contribution in [2.24, 2.45) is 4.99 Å². The lowest BCUT2D eigenvalue weighted by Gasteiger charge is -2.33. The van der Waals surface area contributed by atoms with E-state index in [1.165, 1.54) is 5.56 Å². The Morgan fingerprint density at radius 1 is 1.03 bits per heavy atom. The number of likely N-dealkylation sites (tertiary alicyclic amines) is 2. The van der Waals surface area contributed by atoms with Crippen LogP contribution in [0.1, 0.15) is 37.0 Å². The summed E-state index contributed by atoms with van der Waals surface area (Å²) in [5.74, 6) is 1.79. The number of carbonyl (C=O) groups is 1. The second-order valence-corrected chi connectivity index (χ2v) is 8.69. The van der Waals surface area contributed by atoms with E-state index in [0.717, 1.165) is 76.5 Å². The molecule has 172 valence electrons. The highest BCUT2D eigenvalue weighted by atomic mass is 16.3. The van der Waals surface area contributed by atoms with E-state index >= 15 is 0 Å². The summed E-state index contributed by atoms with van der Waals surface area (Å²) >= 11 is 0. The molecular weight excluding hydrogens is 402 g/mol. The normalized spacial score (nSPS) is 18.1. The Kier molecular flexibility index (Phi) is 8.20. The Bertz CT molecular complexity index is 838. The first-order valence-electron chi connectivity index (χ1n) is 11.9. The molecule has 32 heavy (non-hydrogen) atoms. The molecule has 7 heteroatoms. The topological polar surface area (TPSA) is 73.1 Å². The number of nitrogens with one attached hydrogen (secondary N) is 2. The average Bonchev–Trinajstić information content (AvgIpc) is 3.54. The molecular formula is C25H35N5O2. The number of hydrogen-bond donors (Lipinski definition) is 2. The molecule has 2 aliphatic rings. The van der Waals surface area contributed by atoms with Crippen LogP contribution < -0.4 is 10.6 Å². The van der Waals surface area contributed by atoms with Crippen LogP contribution in [0, 0.1) is 0 Å². The fourth-order valence-corrected chi connectivity index (χ4v) is 4.40. The molecule has 7 nitrogen and oxygen atoms in total. The lowest BCUT2D eigenvalue weighted by Crippen LogP contribution is -2.49. The van der Waals surface area contributed by atoms with Gasteiger partial charge in [-0.15, -0.1) is 0 Å². The van der Waals surface area contributed by atoms with Gasteiger partial charge in [0.15, 0.2) is 5.96 Å². The number of guanidine groups is 1. The highest BCUT2D eigenvalue weighted by Crippen LogP contribution is 2.14. The molecule has 0 spiro atoms. The third-order valence-corrected chi connectivity index (χ3v) is 6.25. The number of piperidine rings is 1. The van der Waals surface area contributed by atoms with Crippen molar-refractivity contribution in [3.05, 3.63) is 60.1 Å². The Labute approximate surface area is 190 Å². The molecule has 2 N–H and O–H groups in total. The minimum Gasteiger partial charge on any atom is -0.469 e. The van der Waals surface area contributed by atoms with Crippen molar-refractivity contribution in [2.45, 2.75) is 44.7 Å². The Morgan fingerprint density at radius 3 is 2.53 bits per heavy atom. The summed E-state index contributed by atoms with van der Waals surface area (Å²) in [6.45, 7) is 5.75. The number of hydrogen-bond acceptors (Lipinski definition) is 4. The lowest BCUT2D eigenvalue weighted by atomic mass is 10.0. The predicted molar refractivity (Wildman–Crippen MR) is 126 cm³/mol. The van der Waals surface area contributed by atoms with Gasteiger partial charge in [0.1, 0.15) is 12.3 Å². The summed E-state index contributed by atoms with van der Waals surface area (Å²) in [5.41, 5.74) is 1.36. The zero-order valence-corrected chi connectivity index (χ0v) is 18.8. The largest absolute Gasteiger partial charge is 0.469 e. The van der Waals surface area contributed by atoms with Gasteiger partial charge in [-0.25, -0.2) is 4.99 Å². The van der Waals surface area contributed by atoms with Crippen molar-refractivity contribution >= 4 is 11.9 Å². The molecule has 2 saturated heterocycles. The van der Waals surface area contributed by atoms with E-state index in [-0.39, 0.29) is 12.5 Å². The average molecular weight is 438 g/mol. The summed E-state index contributed by atoms with van der Waals surface area (Å²) in [5, 5.41) is 6.97. The van der Waals surface area contributed by atoms with E-state index < -0.39 is 0 Å². The molecule has 4 rings (SSSR count). The number of furan rings is 1. The number of benzene rings is 1. The third-order valence-electron chi connectivity index (χ3n) is 6.25. The molecule has 2 aliphatic heterocycles. The maximum absolute atomic E-state index is 12.5. The number of amides is 1. The fourth-order valence-electron chi connectivity index (χ4n) is 4.40. The van der Waals surface area contributed by atoms with E-state index in [1.54, 1.807) is 6.26 Å². The van der Waals surface area contributed by atoms with E-state index in [2.05, 4.69) is 50.9 Å². The number of nitrogens with zero attached hydrogens (tertiary/aromatic N) is 3. The summed E-state index contributed by atoms with van der Waals surface area (Å²) in [6.07, 6.45) is 6.80. The summed E-state index contributed by atoms with van der Waals surface area (Å²) < 4.78 is 5.43. The maximum Gasteiger partial charge on any atom is 0.244 e. The van der Waals surface area contributed by atoms with Gasteiger partial charge < -0.3 is 20.0 Å². The molecule has 0 bridgehead atoms. The van der Waals surface area contributed by atoms with Crippen LogP contribution in [0.5, 0.6) is 0 Å². The number of aliphatic imine (C=N–C) groups is 1. The van der Waals surface area contributed by atoms with Crippen LogP contribution >= 0.6 is 0 Å². The zero-order valence-electron chi connectivity index (χ0n) is 18.8. The predicted octanol–water partition coefficient (Wildman–Crippen LogP) is 2.64. The third kappa shape index (κ3) is 6.85. The van der Waals surface area contributed by atoms with Crippen molar-refractivity contribution in [1.29, 1.82) is 0 Å². The Hall–Kier alpha value is -2.80. The standard InChI is InChI=1S/C25H35N5O2/c31-24(30-14-4-5-15-30)19-27-25(26-13-10-23-9-6-18-32-23)28-22-11-16-29(17-12-22)20-21-7-2-1-3-8-21/h1-3,6-9,18,22H,4-5,10-17,19-20H2,(H2,26,27,28). The highest BCUT2D eigenvalue weighted by Gasteiger charge is 2.21. The van der Waals surface area contributed by atoms with Crippen molar-refractivity contribution in [2.75, 3.05) is 39.3 Å². The molecule has 2 aromatic rings. The van der Waals surface area contributed by atoms with Crippen molar-refractivity contribution in [3.8, 4) is 0 Å². The molecule has 0 radical (unpaired) electrons. The Balaban J connectivity index is 1.27. The SMILES string of the molecule is O=C(CN=C(NCCc1ccco1)NC1CCN(Cc2ccccc2)CC1)N1CCCC1. The van der Waals surface area contributed by atoms with Gasteiger partial charge in [0.25, 0.3) is 0 Å². The molecule has 1 amide bonds. The smallest absolute Gasteiger partial charge is 0.244 e. The molecule has 0 saturated carbocycles. The van der Waals surface area contributed by atoms with Gasteiger partial charge in [-0.05, 0) is 43.4 Å². The van der Waals surface area contributed by atoms with Gasteiger partial charge in [0.05, 0.1) is 6.26 Å². The summed E-state index contributed by atoms with van der Waals surface area (Å²) in [7, 11) is 0. The first kappa shape index (κ1) is 22.4. The lowest BCUT2D eigenvalue weighted by molar-refractivity contribution is -0.128. The first-order valence-corrected chi connectivity index (χ1v) is 11.9. The van der Waals surface area contributed by atoms with Crippen LogP contribution in [0.15, 0.2) is 58.1 Å². The van der Waals surface area contributed by atoms with Crippen molar-refractivity contribution < 1.29 is 9.21 Å². The van der Waals surface area contributed by atoms with E-state index in [9.17, 15) is 4.79 Å². The number of carbonyl (C=O) groups excluding carboxylic acids is 1. The molecule has 0 unspecified atom stereocenters. The fraction of sp³-hybridized carbons (Fsp3) is 0.520. The molecule has 1 aromatic carbocycles. The molecule has 0 atom stereocenters. The van der Waals surface area contributed by atoms with Gasteiger partial charge >= 0.3 is 0 Å². The molecule has 1 aromatic heterocycles. The van der Waals surface area contributed by atoms with E-state index in [0.29, 0.717) is 12.6 Å². The maximum atomic E-state index is 12.5. The van der Waals surface area contributed by atoms with Crippen molar-refractivity contribution in [3.63, 3.8) is 0 Å². The minimum absolute atomic E-state index is 0.118. The van der Waals surface area contributed by atoms with Gasteiger partial charge in [-0.2, -0.15) is 0 Å². The summed E-state index contributed by atoms with van der Waals surface area (Å²) in [6, 6.07) is 14.9. The summed E-state index contributed by atoms with van der Waals surface area (Å²) in [4.78, 5) is 21.5. The van der Waals surface area contributed by atoms with Crippen LogP contribution in [-0.4, -0.2) is 67.0 Å². The van der Waals surface area contributed by atoms with Gasteiger partial charge in [0, 0.05) is 51.7 Å². The van der Waals surface area contributed by atoms with Gasteiger partial charge in [0.2, 0.25) is 5.91 Å². The van der Waals surface area contributed by atoms with Gasteiger partial charge in [-0.3, -0.25) is 9.69 Å². The zero-order chi connectivity index (χ0) is 22.0. The highest BCUT2D eigenvalue weighted by molar-refractivity contribution is 5.85. The van der Waals surface area contributed by atoms with Crippen LogP contribution in [0.2, 0.25) is 0 Å². The molecule has 0 aliphatic carbocycles. The van der Waals surface area contributed by atoms with Crippen LogP contribution in [0.3, 0.4) is 0 Å². The Morgan fingerprint density at radius 2 is 1.81 bits per heavy atom. The van der Waals surface area contributed by atoms with Crippen LogP contribution in [-0.2, 0) is 17.8 Å². The van der Waals surface area contributed by atoms with E-state index in [1.807, 2.05) is 17.0 Å². The second kappa shape index (κ2) is 11.7. The molecule has 3 heterocycles.